The van der Waals surface area contributed by atoms with Crippen LogP contribution in [0.2, 0.25) is 0 Å². The van der Waals surface area contributed by atoms with Crippen LogP contribution in [0.1, 0.15) is 39.5 Å². The summed E-state index contributed by atoms with van der Waals surface area (Å²) in [5, 5.41) is 81.0. The molecule has 0 saturated heterocycles. The number of ether oxygens (including phenoxy) is 2. The molecule has 0 rings (SSSR count). The molecule has 0 aromatic rings. The molecular weight excluding hydrogens is 432 g/mol. The second-order valence-electron chi connectivity index (χ2n) is 6.02. The van der Waals surface area contributed by atoms with Gasteiger partial charge in [0.2, 0.25) is 0 Å². The minimum Gasteiger partial charge on any atom is -0.396 e. The van der Waals surface area contributed by atoms with Crippen LogP contribution in [0.15, 0.2) is 0 Å². The molecule has 12 heteroatoms. The first-order chi connectivity index (χ1) is 15.3. The summed E-state index contributed by atoms with van der Waals surface area (Å²) in [5.74, 6) is 0. The molecule has 10 N–H and O–H groups in total. The van der Waals surface area contributed by atoms with E-state index in [1.165, 1.54) is 6.92 Å². The van der Waals surface area contributed by atoms with E-state index in [2.05, 4.69) is 0 Å². The van der Waals surface area contributed by atoms with Crippen LogP contribution in [0.4, 0.5) is 0 Å². The van der Waals surface area contributed by atoms with E-state index in [1.54, 1.807) is 6.92 Å². The van der Waals surface area contributed by atoms with Gasteiger partial charge in [-0.1, -0.05) is 0 Å². The maximum Gasteiger partial charge on any atom is 0.0742 e. The molecule has 2 atom stereocenters. The Morgan fingerprint density at radius 1 is 0.469 bits per heavy atom. The fraction of sp³-hybridized carbons (Fsp3) is 1.00. The maximum absolute atomic E-state index is 8.39. The molecule has 0 saturated carbocycles. The maximum atomic E-state index is 8.39. The van der Waals surface area contributed by atoms with Crippen LogP contribution in [0.5, 0.6) is 0 Å². The Morgan fingerprint density at radius 3 is 0.938 bits per heavy atom. The van der Waals surface area contributed by atoms with E-state index in [0.29, 0.717) is 39.3 Å². The Kier molecular flexibility index (Phi) is 62.7. The highest BCUT2D eigenvalue weighted by atomic mass is 16.5. The zero-order valence-electron chi connectivity index (χ0n) is 19.8. The third-order valence-corrected chi connectivity index (χ3v) is 2.54. The second-order valence-corrected chi connectivity index (χ2v) is 6.02. The first-order valence-electron chi connectivity index (χ1n) is 10.7. The molecule has 0 aliphatic carbocycles. The van der Waals surface area contributed by atoms with Crippen molar-refractivity contribution < 1.29 is 60.5 Å². The van der Waals surface area contributed by atoms with Crippen LogP contribution < -0.4 is 0 Å². The van der Waals surface area contributed by atoms with E-state index in [0.717, 1.165) is 12.8 Å². The largest absolute Gasteiger partial charge is 0.396 e. The predicted octanol–water partition coefficient (Wildman–Crippen LogP) is -2.77. The molecule has 202 valence electrons. The first kappa shape index (κ1) is 41.7. The molecule has 0 heterocycles. The van der Waals surface area contributed by atoms with Crippen molar-refractivity contribution in [1.82, 2.24) is 0 Å². The Bertz CT molecular complexity index is 233. The van der Waals surface area contributed by atoms with Gasteiger partial charge in [0.25, 0.3) is 0 Å². The lowest BCUT2D eigenvalue weighted by molar-refractivity contribution is 0.0222. The van der Waals surface area contributed by atoms with Gasteiger partial charge in [0.1, 0.15) is 0 Å². The van der Waals surface area contributed by atoms with Crippen molar-refractivity contribution in [3.8, 4) is 0 Å². The van der Waals surface area contributed by atoms with Crippen molar-refractivity contribution in [3.63, 3.8) is 0 Å². The zero-order chi connectivity index (χ0) is 25.9. The van der Waals surface area contributed by atoms with Gasteiger partial charge in [0.15, 0.2) is 0 Å². The lowest BCUT2D eigenvalue weighted by Gasteiger charge is -2.01. The van der Waals surface area contributed by atoms with E-state index in [-0.39, 0.29) is 59.0 Å². The van der Waals surface area contributed by atoms with Crippen LogP contribution >= 0.6 is 0 Å². The highest BCUT2D eigenvalue weighted by molar-refractivity contribution is 4.40. The van der Waals surface area contributed by atoms with Crippen LogP contribution in [-0.2, 0) is 9.47 Å². The lowest BCUT2D eigenvalue weighted by Crippen LogP contribution is -2.09. The molecule has 0 fully saturated rings. The van der Waals surface area contributed by atoms with E-state index in [9.17, 15) is 0 Å². The average molecular weight is 483 g/mol. The van der Waals surface area contributed by atoms with Gasteiger partial charge in [0, 0.05) is 33.0 Å². The minimum atomic E-state index is -0.560. The van der Waals surface area contributed by atoms with E-state index >= 15 is 0 Å². The molecule has 0 amide bonds. The molecule has 0 spiro atoms. The summed E-state index contributed by atoms with van der Waals surface area (Å²) in [4.78, 5) is 0. The summed E-state index contributed by atoms with van der Waals surface area (Å²) in [5.41, 5.74) is 0. The molecule has 0 aromatic heterocycles. The Morgan fingerprint density at radius 2 is 0.812 bits per heavy atom. The third-order valence-electron chi connectivity index (χ3n) is 2.54. The smallest absolute Gasteiger partial charge is 0.0742 e. The van der Waals surface area contributed by atoms with Crippen molar-refractivity contribution in [3.05, 3.63) is 0 Å². The van der Waals surface area contributed by atoms with E-state index < -0.39 is 6.10 Å². The van der Waals surface area contributed by atoms with Crippen molar-refractivity contribution >= 4 is 0 Å². The molecule has 0 aliphatic rings. The van der Waals surface area contributed by atoms with Gasteiger partial charge >= 0.3 is 0 Å². The quantitative estimate of drug-likeness (QED) is 0.107. The second kappa shape index (κ2) is 48.1. The highest BCUT2D eigenvalue weighted by Crippen LogP contribution is 1.83. The molecule has 0 bridgehead atoms. The standard InChI is InChI=1S/C6H14O4.2C4H10O2.2C3H8O2/c7-1-3-9-5-6-10-4-2-8;1-4(6)2-3-5;5-3-1-2-4-6;1-3(5)2-4;4-2-1-3-5/h7-8H,1-6H2;4-6H,2-3H2,1H3;5-6H,1-4H2;3-5H,2H2,1H3;4-5H,1-3H2. The van der Waals surface area contributed by atoms with Gasteiger partial charge in [-0.15, -0.1) is 0 Å². The molecule has 2 unspecified atom stereocenters. The number of rotatable bonds is 15. The summed E-state index contributed by atoms with van der Waals surface area (Å²) < 4.78 is 9.75. The van der Waals surface area contributed by atoms with Crippen molar-refractivity contribution in [1.29, 1.82) is 0 Å². The van der Waals surface area contributed by atoms with Crippen LogP contribution in [-0.4, -0.2) is 143 Å². The SMILES string of the molecule is CC(O)CCO.CC(O)CO.OCCCCO.OCCCO.OCCOCCOCCO. The normalized spacial score (nSPS) is 11.2. The summed E-state index contributed by atoms with van der Waals surface area (Å²) >= 11 is 0. The number of aliphatic hydroxyl groups is 10. The molecule has 0 radical (unpaired) electrons. The van der Waals surface area contributed by atoms with Crippen LogP contribution in [0.3, 0.4) is 0 Å². The van der Waals surface area contributed by atoms with E-state index in [1.807, 2.05) is 0 Å². The molecule has 0 aromatic carbocycles. The Labute approximate surface area is 192 Å². The molecule has 12 nitrogen and oxygen atoms in total. The highest BCUT2D eigenvalue weighted by Gasteiger charge is 1.88. The number of unbranched alkanes of at least 4 members (excludes halogenated alkanes) is 1. The average Bonchev–Trinajstić information content (AvgIpc) is 2.77. The molecule has 32 heavy (non-hydrogen) atoms. The number of hydrogen-bond donors (Lipinski definition) is 10. The summed E-state index contributed by atoms with van der Waals surface area (Å²) in [7, 11) is 0. The van der Waals surface area contributed by atoms with Crippen LogP contribution in [0.25, 0.3) is 0 Å². The minimum absolute atomic E-state index is 0.0417. The monoisotopic (exact) mass is 482 g/mol. The fourth-order valence-corrected chi connectivity index (χ4v) is 0.932. The van der Waals surface area contributed by atoms with Gasteiger partial charge in [-0.2, -0.15) is 0 Å². The fourth-order valence-electron chi connectivity index (χ4n) is 0.932. The van der Waals surface area contributed by atoms with E-state index in [4.69, 9.17) is 60.5 Å². The third kappa shape index (κ3) is 88.0. The van der Waals surface area contributed by atoms with Gasteiger partial charge in [-0.3, -0.25) is 0 Å². The summed E-state index contributed by atoms with van der Waals surface area (Å²) in [6, 6.07) is 0. The first-order valence-corrected chi connectivity index (χ1v) is 10.7. The summed E-state index contributed by atoms with van der Waals surface area (Å²) in [6.45, 7) is 5.42. The van der Waals surface area contributed by atoms with Gasteiger partial charge in [-0.25, -0.2) is 0 Å². The zero-order valence-corrected chi connectivity index (χ0v) is 19.8. The Hall–Kier alpha value is -0.480. The lowest BCUT2D eigenvalue weighted by atomic mass is 10.3. The van der Waals surface area contributed by atoms with Crippen LogP contribution in [0, 0.1) is 0 Å². The van der Waals surface area contributed by atoms with Gasteiger partial charge in [0.05, 0.1) is 58.5 Å². The van der Waals surface area contributed by atoms with Crippen molar-refractivity contribution in [2.75, 3.05) is 79.3 Å². The van der Waals surface area contributed by atoms with Crippen molar-refractivity contribution in [2.24, 2.45) is 0 Å². The molecular formula is C20H50O12. The Balaban J connectivity index is -0.0000000981. The number of aliphatic hydroxyl groups excluding tert-OH is 10. The van der Waals surface area contributed by atoms with Gasteiger partial charge < -0.3 is 60.5 Å². The number of hydrogen-bond acceptors (Lipinski definition) is 12. The predicted molar refractivity (Wildman–Crippen MR) is 120 cm³/mol. The molecule has 0 aliphatic heterocycles. The van der Waals surface area contributed by atoms with Gasteiger partial charge in [-0.05, 0) is 39.5 Å². The van der Waals surface area contributed by atoms with Crippen molar-refractivity contribution in [2.45, 2.75) is 51.7 Å². The topological polar surface area (TPSA) is 221 Å². The summed E-state index contributed by atoms with van der Waals surface area (Å²) in [6.07, 6.45) is 1.51.